The van der Waals surface area contributed by atoms with Gasteiger partial charge < -0.3 is 5.11 Å². The van der Waals surface area contributed by atoms with E-state index in [1.165, 1.54) is 0 Å². The van der Waals surface area contributed by atoms with Crippen LogP contribution in [0, 0.1) is 11.8 Å². The highest BCUT2D eigenvalue weighted by atomic mass is 79.9. The van der Waals surface area contributed by atoms with Crippen molar-refractivity contribution in [1.82, 2.24) is 15.0 Å². The van der Waals surface area contributed by atoms with Crippen molar-refractivity contribution in [3.05, 3.63) is 10.3 Å². The van der Waals surface area contributed by atoms with Gasteiger partial charge in [-0.15, -0.1) is 5.10 Å². The Morgan fingerprint density at radius 2 is 2.24 bits per heavy atom. The van der Waals surface area contributed by atoms with Crippen LogP contribution in [-0.4, -0.2) is 26.1 Å². The van der Waals surface area contributed by atoms with E-state index in [0.717, 1.165) is 25.0 Å². The molecule has 0 bridgehead atoms. The van der Waals surface area contributed by atoms with Crippen molar-refractivity contribution in [2.24, 2.45) is 18.9 Å². The van der Waals surface area contributed by atoms with Crippen molar-refractivity contribution in [2.75, 3.05) is 0 Å². The number of carboxylic acids is 1. The topological polar surface area (TPSA) is 68.0 Å². The number of halogens is 1. The summed E-state index contributed by atoms with van der Waals surface area (Å²) in [7, 11) is 1.81. The molecular formula is C11H16BrN3O2. The number of hydrogen-bond donors (Lipinski definition) is 1. The Hall–Kier alpha value is -0.910. The molecule has 1 aromatic heterocycles. The maximum absolute atomic E-state index is 11.3. The first kappa shape index (κ1) is 12.5. The summed E-state index contributed by atoms with van der Waals surface area (Å²) < 4.78 is 2.35. The van der Waals surface area contributed by atoms with Gasteiger partial charge in [0.1, 0.15) is 0 Å². The molecule has 0 saturated heterocycles. The predicted molar refractivity (Wildman–Crippen MR) is 65.6 cm³/mol. The molecule has 17 heavy (non-hydrogen) atoms. The Bertz CT molecular complexity index is 413. The lowest BCUT2D eigenvalue weighted by molar-refractivity contribution is -0.143. The van der Waals surface area contributed by atoms with E-state index in [1.807, 2.05) is 7.05 Å². The van der Waals surface area contributed by atoms with Gasteiger partial charge in [-0.05, 0) is 41.1 Å². The molecule has 1 aliphatic rings. The second-order valence-electron chi connectivity index (χ2n) is 4.86. The van der Waals surface area contributed by atoms with Crippen LogP contribution in [0.1, 0.15) is 37.8 Å². The Labute approximate surface area is 108 Å². The van der Waals surface area contributed by atoms with Crippen molar-refractivity contribution >= 4 is 21.9 Å². The van der Waals surface area contributed by atoms with E-state index in [-0.39, 0.29) is 11.8 Å². The minimum atomic E-state index is -0.713. The summed E-state index contributed by atoms with van der Waals surface area (Å²) in [5, 5.41) is 17.2. The minimum Gasteiger partial charge on any atom is -0.481 e. The van der Waals surface area contributed by atoms with Crippen LogP contribution in [0.2, 0.25) is 0 Å². The lowest BCUT2D eigenvalue weighted by Gasteiger charge is -2.32. The summed E-state index contributed by atoms with van der Waals surface area (Å²) in [6.07, 6.45) is 2.60. The normalized spacial score (nSPS) is 29.2. The Morgan fingerprint density at radius 1 is 1.53 bits per heavy atom. The van der Waals surface area contributed by atoms with Gasteiger partial charge in [-0.2, -0.15) is 0 Å². The summed E-state index contributed by atoms with van der Waals surface area (Å²) in [6.45, 7) is 2.17. The van der Waals surface area contributed by atoms with Gasteiger partial charge in [-0.3, -0.25) is 9.48 Å². The minimum absolute atomic E-state index is 0.00521. The van der Waals surface area contributed by atoms with Crippen LogP contribution in [-0.2, 0) is 11.8 Å². The van der Waals surface area contributed by atoms with Gasteiger partial charge in [0.25, 0.3) is 0 Å². The smallest absolute Gasteiger partial charge is 0.307 e. The summed E-state index contributed by atoms with van der Waals surface area (Å²) in [4.78, 5) is 11.3. The lowest BCUT2D eigenvalue weighted by atomic mass is 9.73. The van der Waals surface area contributed by atoms with E-state index >= 15 is 0 Å². The van der Waals surface area contributed by atoms with Gasteiger partial charge in [-0.25, -0.2) is 0 Å². The van der Waals surface area contributed by atoms with Crippen LogP contribution in [0.15, 0.2) is 4.60 Å². The van der Waals surface area contributed by atoms with Crippen LogP contribution in [0.3, 0.4) is 0 Å². The third kappa shape index (κ3) is 2.36. The average molecular weight is 302 g/mol. The molecule has 1 aliphatic carbocycles. The van der Waals surface area contributed by atoms with Gasteiger partial charge in [0.15, 0.2) is 4.60 Å². The van der Waals surface area contributed by atoms with Gasteiger partial charge in [0, 0.05) is 13.0 Å². The van der Waals surface area contributed by atoms with Crippen molar-refractivity contribution in [3.8, 4) is 0 Å². The molecule has 0 aromatic carbocycles. The van der Waals surface area contributed by atoms with E-state index in [2.05, 4.69) is 33.2 Å². The number of aromatic nitrogens is 3. The van der Waals surface area contributed by atoms with Crippen LogP contribution in [0.25, 0.3) is 0 Å². The van der Waals surface area contributed by atoms with E-state index in [0.29, 0.717) is 10.5 Å². The number of nitrogens with zero attached hydrogens (tertiary/aromatic N) is 3. The fourth-order valence-electron chi connectivity index (χ4n) is 2.71. The maximum atomic E-state index is 11.3. The predicted octanol–water partition coefficient (Wildman–Crippen LogP) is 2.18. The fourth-order valence-corrected chi connectivity index (χ4v) is 3.33. The number of aryl methyl sites for hydroxylation is 1. The van der Waals surface area contributed by atoms with Gasteiger partial charge >= 0.3 is 5.97 Å². The summed E-state index contributed by atoms with van der Waals surface area (Å²) in [5.41, 5.74) is 0.906. The van der Waals surface area contributed by atoms with E-state index in [4.69, 9.17) is 0 Å². The summed E-state index contributed by atoms with van der Waals surface area (Å²) in [6, 6.07) is 0. The highest BCUT2D eigenvalue weighted by Crippen LogP contribution is 2.42. The van der Waals surface area contributed by atoms with Crippen molar-refractivity contribution in [2.45, 2.75) is 32.1 Å². The highest BCUT2D eigenvalue weighted by Gasteiger charge is 2.37. The van der Waals surface area contributed by atoms with Crippen LogP contribution in [0.5, 0.6) is 0 Å². The average Bonchev–Trinajstić information content (AvgIpc) is 2.58. The van der Waals surface area contributed by atoms with Crippen LogP contribution < -0.4 is 0 Å². The van der Waals surface area contributed by atoms with Crippen molar-refractivity contribution in [1.29, 1.82) is 0 Å². The molecule has 6 heteroatoms. The number of carbonyl (C=O) groups is 1. The standard InChI is InChI=1S/C11H16BrN3O2/c1-6-3-4-7(11(16)17)8(5-6)9-10(12)13-14-15(9)2/h6-8H,3-5H2,1-2H3,(H,16,17). The molecule has 94 valence electrons. The Balaban J connectivity index is 2.35. The zero-order chi connectivity index (χ0) is 12.6. The molecule has 5 nitrogen and oxygen atoms in total. The number of carboxylic acid groups (broad SMARTS) is 1. The molecule has 0 radical (unpaired) electrons. The van der Waals surface area contributed by atoms with Crippen LogP contribution >= 0.6 is 15.9 Å². The second-order valence-corrected chi connectivity index (χ2v) is 5.61. The second kappa shape index (κ2) is 4.76. The lowest BCUT2D eigenvalue weighted by Crippen LogP contribution is -2.30. The number of aliphatic carboxylic acids is 1. The molecule has 3 unspecified atom stereocenters. The molecule has 1 N–H and O–H groups in total. The molecular weight excluding hydrogens is 286 g/mol. The quantitative estimate of drug-likeness (QED) is 0.909. The first-order chi connectivity index (χ1) is 8.00. The Morgan fingerprint density at radius 3 is 2.76 bits per heavy atom. The molecule has 1 fully saturated rings. The van der Waals surface area contributed by atoms with E-state index in [1.54, 1.807) is 4.68 Å². The fraction of sp³-hybridized carbons (Fsp3) is 0.727. The molecule has 2 rings (SSSR count). The third-order valence-electron chi connectivity index (χ3n) is 3.61. The molecule has 1 saturated carbocycles. The van der Waals surface area contributed by atoms with Gasteiger partial charge in [0.2, 0.25) is 0 Å². The highest BCUT2D eigenvalue weighted by molar-refractivity contribution is 9.10. The zero-order valence-electron chi connectivity index (χ0n) is 9.93. The first-order valence-corrected chi connectivity index (χ1v) is 6.58. The third-order valence-corrected chi connectivity index (χ3v) is 4.17. The molecule has 0 aliphatic heterocycles. The zero-order valence-corrected chi connectivity index (χ0v) is 11.5. The molecule has 3 atom stereocenters. The first-order valence-electron chi connectivity index (χ1n) is 5.78. The number of rotatable bonds is 2. The molecule has 0 amide bonds. The largest absolute Gasteiger partial charge is 0.481 e. The SMILES string of the molecule is CC1CCC(C(=O)O)C(c2c(Br)nnn2C)C1. The van der Waals surface area contributed by atoms with Gasteiger partial charge in [-0.1, -0.05) is 12.1 Å². The van der Waals surface area contributed by atoms with E-state index in [9.17, 15) is 9.90 Å². The number of hydrogen-bond acceptors (Lipinski definition) is 3. The monoisotopic (exact) mass is 301 g/mol. The molecule has 1 aromatic rings. The van der Waals surface area contributed by atoms with Crippen molar-refractivity contribution in [3.63, 3.8) is 0 Å². The Kier molecular flexibility index (Phi) is 3.51. The van der Waals surface area contributed by atoms with Crippen molar-refractivity contribution < 1.29 is 9.90 Å². The maximum Gasteiger partial charge on any atom is 0.307 e. The molecule has 1 heterocycles. The molecule has 0 spiro atoms. The van der Waals surface area contributed by atoms with Gasteiger partial charge in [0.05, 0.1) is 11.6 Å². The van der Waals surface area contributed by atoms with Crippen LogP contribution in [0.4, 0.5) is 0 Å². The summed E-state index contributed by atoms with van der Waals surface area (Å²) in [5.74, 6) is -0.474. The summed E-state index contributed by atoms with van der Waals surface area (Å²) >= 11 is 3.36. The van der Waals surface area contributed by atoms with E-state index < -0.39 is 5.97 Å².